The highest BCUT2D eigenvalue weighted by molar-refractivity contribution is 9.10. The molecule has 0 amide bonds. The SMILES string of the molecule is CC(C)(C)c1c(Br)cc2ccc3cccc4ccc1c2c34. The Kier molecular flexibility index (Phi) is 2.62. The van der Waals surface area contributed by atoms with Gasteiger partial charge in [-0.25, -0.2) is 0 Å². The lowest BCUT2D eigenvalue weighted by atomic mass is 9.81. The van der Waals surface area contributed by atoms with Crippen LogP contribution in [-0.4, -0.2) is 0 Å². The van der Waals surface area contributed by atoms with E-state index in [0.717, 1.165) is 0 Å². The Bertz CT molecular complexity index is 958. The molecule has 4 rings (SSSR count). The van der Waals surface area contributed by atoms with Crippen molar-refractivity contribution in [1.82, 2.24) is 0 Å². The van der Waals surface area contributed by atoms with Crippen LogP contribution >= 0.6 is 15.9 Å². The summed E-state index contributed by atoms with van der Waals surface area (Å²) in [5, 5.41) is 8.13. The van der Waals surface area contributed by atoms with Crippen LogP contribution in [-0.2, 0) is 5.41 Å². The fourth-order valence-corrected chi connectivity index (χ4v) is 4.59. The van der Waals surface area contributed by atoms with Gasteiger partial charge in [0, 0.05) is 4.47 Å². The molecule has 4 aromatic carbocycles. The molecule has 4 aromatic rings. The van der Waals surface area contributed by atoms with E-state index < -0.39 is 0 Å². The molecule has 0 heterocycles. The molecule has 0 radical (unpaired) electrons. The number of benzene rings is 4. The quantitative estimate of drug-likeness (QED) is 0.315. The van der Waals surface area contributed by atoms with Crippen molar-refractivity contribution in [3.63, 3.8) is 0 Å². The van der Waals surface area contributed by atoms with Crippen molar-refractivity contribution in [3.8, 4) is 0 Å². The highest BCUT2D eigenvalue weighted by Gasteiger charge is 2.22. The zero-order valence-corrected chi connectivity index (χ0v) is 14.1. The van der Waals surface area contributed by atoms with Crippen molar-refractivity contribution in [3.05, 3.63) is 58.6 Å². The standard InChI is InChI=1S/C20H17Br/c1-20(2,3)19-15-10-9-13-6-4-5-12-7-8-14(11-16(19)21)18(15)17(12)13/h4-11H,1-3H3. The fourth-order valence-electron chi connectivity index (χ4n) is 3.54. The highest BCUT2D eigenvalue weighted by atomic mass is 79.9. The summed E-state index contributed by atoms with van der Waals surface area (Å²) >= 11 is 3.80. The van der Waals surface area contributed by atoms with Crippen LogP contribution in [0.1, 0.15) is 26.3 Å². The number of hydrogen-bond donors (Lipinski definition) is 0. The minimum absolute atomic E-state index is 0.112. The molecular weight excluding hydrogens is 320 g/mol. The van der Waals surface area contributed by atoms with Crippen molar-refractivity contribution < 1.29 is 0 Å². The summed E-state index contributed by atoms with van der Waals surface area (Å²) in [6.07, 6.45) is 0. The van der Waals surface area contributed by atoms with E-state index in [1.54, 1.807) is 0 Å². The Labute approximate surface area is 133 Å². The van der Waals surface area contributed by atoms with Gasteiger partial charge in [-0.3, -0.25) is 0 Å². The van der Waals surface area contributed by atoms with Gasteiger partial charge in [-0.05, 0) is 49.4 Å². The molecule has 0 atom stereocenters. The molecular formula is C20H17Br. The highest BCUT2D eigenvalue weighted by Crippen LogP contribution is 2.42. The number of hydrogen-bond acceptors (Lipinski definition) is 0. The summed E-state index contributed by atoms with van der Waals surface area (Å²) in [7, 11) is 0. The first-order chi connectivity index (χ1) is 9.97. The van der Waals surface area contributed by atoms with Crippen LogP contribution in [0, 0.1) is 0 Å². The first-order valence-corrected chi connectivity index (χ1v) is 8.12. The van der Waals surface area contributed by atoms with E-state index in [2.05, 4.69) is 85.2 Å². The second-order valence-corrected chi connectivity index (χ2v) is 7.69. The van der Waals surface area contributed by atoms with Crippen molar-refractivity contribution >= 4 is 48.2 Å². The summed E-state index contributed by atoms with van der Waals surface area (Å²) in [6, 6.07) is 17.8. The first kappa shape index (κ1) is 13.1. The lowest BCUT2D eigenvalue weighted by Gasteiger charge is -2.25. The number of rotatable bonds is 0. The molecule has 0 saturated heterocycles. The Morgan fingerprint density at radius 2 is 1.38 bits per heavy atom. The zero-order valence-electron chi connectivity index (χ0n) is 12.5. The molecule has 0 fully saturated rings. The van der Waals surface area contributed by atoms with Crippen molar-refractivity contribution in [2.45, 2.75) is 26.2 Å². The van der Waals surface area contributed by atoms with E-state index in [1.165, 1.54) is 42.4 Å². The summed E-state index contributed by atoms with van der Waals surface area (Å²) in [5.41, 5.74) is 1.51. The second kappa shape index (κ2) is 4.20. The van der Waals surface area contributed by atoms with Crippen LogP contribution < -0.4 is 0 Å². The van der Waals surface area contributed by atoms with Crippen LogP contribution in [0.3, 0.4) is 0 Å². The van der Waals surface area contributed by atoms with Gasteiger partial charge in [-0.15, -0.1) is 0 Å². The minimum atomic E-state index is 0.112. The van der Waals surface area contributed by atoms with Crippen LogP contribution in [0.5, 0.6) is 0 Å². The maximum atomic E-state index is 3.80. The molecule has 0 aromatic heterocycles. The van der Waals surface area contributed by atoms with Gasteiger partial charge in [0.1, 0.15) is 0 Å². The molecule has 0 saturated carbocycles. The molecule has 0 aliphatic carbocycles. The Morgan fingerprint density at radius 1 is 0.762 bits per heavy atom. The Hall–Kier alpha value is -1.60. The third-order valence-corrected chi connectivity index (χ3v) is 4.97. The Morgan fingerprint density at radius 3 is 2.05 bits per heavy atom. The third kappa shape index (κ3) is 1.80. The van der Waals surface area contributed by atoms with Gasteiger partial charge >= 0.3 is 0 Å². The summed E-state index contributed by atoms with van der Waals surface area (Å²) in [4.78, 5) is 0. The molecule has 21 heavy (non-hydrogen) atoms. The van der Waals surface area contributed by atoms with E-state index in [-0.39, 0.29) is 5.41 Å². The van der Waals surface area contributed by atoms with Gasteiger partial charge in [0.05, 0.1) is 0 Å². The molecule has 0 aliphatic rings. The van der Waals surface area contributed by atoms with Crippen LogP contribution in [0.4, 0.5) is 0 Å². The lowest BCUT2D eigenvalue weighted by molar-refractivity contribution is 0.593. The van der Waals surface area contributed by atoms with E-state index in [0.29, 0.717) is 0 Å². The van der Waals surface area contributed by atoms with Gasteiger partial charge < -0.3 is 0 Å². The molecule has 0 N–H and O–H groups in total. The Balaban J connectivity index is 2.35. The largest absolute Gasteiger partial charge is 0.0610 e. The summed E-state index contributed by atoms with van der Waals surface area (Å²) in [6.45, 7) is 6.84. The molecule has 0 aliphatic heterocycles. The van der Waals surface area contributed by atoms with Crippen LogP contribution in [0.25, 0.3) is 32.3 Å². The van der Waals surface area contributed by atoms with Gasteiger partial charge in [-0.2, -0.15) is 0 Å². The molecule has 0 spiro atoms. The maximum absolute atomic E-state index is 3.80. The topological polar surface area (TPSA) is 0 Å². The van der Waals surface area contributed by atoms with Crippen molar-refractivity contribution in [1.29, 1.82) is 0 Å². The molecule has 104 valence electrons. The normalized spacial score (nSPS) is 12.8. The second-order valence-electron chi connectivity index (χ2n) is 6.84. The monoisotopic (exact) mass is 336 g/mol. The number of halogens is 1. The van der Waals surface area contributed by atoms with E-state index >= 15 is 0 Å². The van der Waals surface area contributed by atoms with Crippen molar-refractivity contribution in [2.24, 2.45) is 0 Å². The van der Waals surface area contributed by atoms with E-state index in [9.17, 15) is 0 Å². The molecule has 0 nitrogen and oxygen atoms in total. The average Bonchev–Trinajstić information content (AvgIpc) is 2.42. The summed E-state index contributed by atoms with van der Waals surface area (Å²) < 4.78 is 1.21. The van der Waals surface area contributed by atoms with Crippen LogP contribution in [0.2, 0.25) is 0 Å². The zero-order chi connectivity index (χ0) is 14.8. The van der Waals surface area contributed by atoms with E-state index in [1.807, 2.05) is 0 Å². The maximum Gasteiger partial charge on any atom is 0.0225 e. The van der Waals surface area contributed by atoms with Crippen LogP contribution in [0.15, 0.2) is 53.0 Å². The van der Waals surface area contributed by atoms with Gasteiger partial charge in [0.15, 0.2) is 0 Å². The van der Waals surface area contributed by atoms with Gasteiger partial charge in [0.25, 0.3) is 0 Å². The van der Waals surface area contributed by atoms with E-state index in [4.69, 9.17) is 0 Å². The average molecular weight is 337 g/mol. The minimum Gasteiger partial charge on any atom is -0.0610 e. The van der Waals surface area contributed by atoms with Crippen molar-refractivity contribution in [2.75, 3.05) is 0 Å². The first-order valence-electron chi connectivity index (χ1n) is 7.33. The van der Waals surface area contributed by atoms with Gasteiger partial charge in [0.2, 0.25) is 0 Å². The summed E-state index contributed by atoms with van der Waals surface area (Å²) in [5.74, 6) is 0. The molecule has 0 unspecified atom stereocenters. The lowest BCUT2D eigenvalue weighted by Crippen LogP contribution is -2.13. The predicted octanol–water partition coefficient (Wildman–Crippen LogP) is 6.64. The predicted molar refractivity (Wildman–Crippen MR) is 96.5 cm³/mol. The molecule has 1 heteroatoms. The third-order valence-electron chi connectivity index (χ3n) is 4.35. The molecule has 0 bridgehead atoms. The smallest absolute Gasteiger partial charge is 0.0225 e. The fraction of sp³-hybridized carbons (Fsp3) is 0.200. The van der Waals surface area contributed by atoms with Gasteiger partial charge in [-0.1, -0.05) is 79.2 Å².